The van der Waals surface area contributed by atoms with E-state index >= 15 is 0 Å². The molecule has 0 saturated carbocycles. The van der Waals surface area contributed by atoms with Crippen molar-refractivity contribution in [2.45, 2.75) is 30.1 Å². The number of halogens is 1. The first kappa shape index (κ1) is 20.7. The summed E-state index contributed by atoms with van der Waals surface area (Å²) in [5, 5.41) is 5.79. The first-order valence-corrected chi connectivity index (χ1v) is 10.3. The molecule has 2 saturated heterocycles. The molecule has 3 rings (SSSR count). The molecule has 0 radical (unpaired) electrons. The normalized spacial score (nSPS) is 22.6. The summed E-state index contributed by atoms with van der Waals surface area (Å²) in [6.07, 6.45) is 2.02. The molecule has 0 aliphatic carbocycles. The van der Waals surface area contributed by atoms with Crippen molar-refractivity contribution in [3.8, 4) is 0 Å². The standard InChI is InChI=1S/C17H23N3O4S.ClH/c1-25(23,24)17(8-10-18-11-9-17)16(22)19-14-7-12-20(15(14)21)13-5-3-2-4-6-13;/h2-6,14,18H,7-12H2,1H3,(H,19,22);1H. The molecule has 2 heterocycles. The Bertz CT molecular complexity index is 763. The minimum Gasteiger partial charge on any atom is -0.343 e. The van der Waals surface area contributed by atoms with Gasteiger partial charge in [-0.05, 0) is 44.5 Å². The smallest absolute Gasteiger partial charge is 0.249 e. The lowest BCUT2D eigenvalue weighted by molar-refractivity contribution is -0.128. The molecule has 0 spiro atoms. The molecule has 1 unspecified atom stereocenters. The topological polar surface area (TPSA) is 95.6 Å². The predicted octanol–water partition coefficient (Wildman–Crippen LogP) is 0.497. The van der Waals surface area contributed by atoms with Crippen molar-refractivity contribution in [1.29, 1.82) is 0 Å². The Kier molecular flexibility index (Phi) is 6.31. The first-order chi connectivity index (χ1) is 11.8. The number of hydrogen-bond donors (Lipinski definition) is 2. The minimum absolute atomic E-state index is 0. The van der Waals surface area contributed by atoms with Gasteiger partial charge in [-0.25, -0.2) is 8.42 Å². The number of anilines is 1. The van der Waals surface area contributed by atoms with Gasteiger partial charge in [0.1, 0.15) is 6.04 Å². The van der Waals surface area contributed by atoms with Crippen LogP contribution >= 0.6 is 12.4 Å². The molecule has 26 heavy (non-hydrogen) atoms. The Morgan fingerprint density at radius 3 is 2.42 bits per heavy atom. The maximum Gasteiger partial charge on any atom is 0.249 e. The Hall–Kier alpha value is -1.64. The third-order valence-corrected chi connectivity index (χ3v) is 7.13. The number of rotatable bonds is 4. The van der Waals surface area contributed by atoms with Crippen LogP contribution in [0.1, 0.15) is 19.3 Å². The van der Waals surface area contributed by atoms with Gasteiger partial charge in [0.25, 0.3) is 0 Å². The molecule has 0 aromatic heterocycles. The van der Waals surface area contributed by atoms with Crippen molar-refractivity contribution >= 4 is 39.7 Å². The zero-order chi connectivity index (χ0) is 18.1. The summed E-state index contributed by atoms with van der Waals surface area (Å²) in [5.74, 6) is -0.748. The van der Waals surface area contributed by atoms with Crippen LogP contribution in [0.3, 0.4) is 0 Å². The molecule has 9 heteroatoms. The molecule has 2 N–H and O–H groups in total. The van der Waals surface area contributed by atoms with E-state index < -0.39 is 26.5 Å². The number of carbonyl (C=O) groups is 2. The number of piperidine rings is 1. The highest BCUT2D eigenvalue weighted by atomic mass is 35.5. The molecule has 1 atom stereocenters. The Morgan fingerprint density at radius 2 is 1.85 bits per heavy atom. The number of sulfone groups is 1. The number of nitrogens with zero attached hydrogens (tertiary/aromatic N) is 1. The van der Waals surface area contributed by atoms with Gasteiger partial charge in [0.15, 0.2) is 14.6 Å². The molecule has 144 valence electrons. The van der Waals surface area contributed by atoms with Crippen LogP contribution in [0.25, 0.3) is 0 Å². The van der Waals surface area contributed by atoms with Crippen LogP contribution < -0.4 is 15.5 Å². The summed E-state index contributed by atoms with van der Waals surface area (Å²) in [6, 6.07) is 8.57. The van der Waals surface area contributed by atoms with Gasteiger partial charge in [-0.1, -0.05) is 18.2 Å². The molecule has 7 nitrogen and oxygen atoms in total. The number of para-hydroxylation sites is 1. The van der Waals surface area contributed by atoms with Crippen molar-refractivity contribution in [3.63, 3.8) is 0 Å². The van der Waals surface area contributed by atoms with Gasteiger partial charge in [-0.2, -0.15) is 0 Å². The van der Waals surface area contributed by atoms with Crippen LogP contribution in [-0.2, 0) is 19.4 Å². The summed E-state index contributed by atoms with van der Waals surface area (Å²) in [6.45, 7) is 1.44. The largest absolute Gasteiger partial charge is 0.343 e. The molecular weight excluding hydrogens is 378 g/mol. The number of carbonyl (C=O) groups excluding carboxylic acids is 2. The quantitative estimate of drug-likeness (QED) is 0.765. The second-order valence-corrected chi connectivity index (χ2v) is 8.98. The molecule has 2 aliphatic rings. The fraction of sp³-hybridized carbons (Fsp3) is 0.529. The van der Waals surface area contributed by atoms with E-state index in [4.69, 9.17) is 0 Å². The Labute approximate surface area is 159 Å². The summed E-state index contributed by atoms with van der Waals surface area (Å²) >= 11 is 0. The van der Waals surface area contributed by atoms with E-state index in [-0.39, 0.29) is 31.2 Å². The lowest BCUT2D eigenvalue weighted by Crippen LogP contribution is -2.59. The molecule has 2 fully saturated rings. The second kappa shape index (κ2) is 7.94. The van der Waals surface area contributed by atoms with Gasteiger partial charge >= 0.3 is 0 Å². The Morgan fingerprint density at radius 1 is 1.23 bits per heavy atom. The average molecular weight is 402 g/mol. The average Bonchev–Trinajstić information content (AvgIpc) is 2.96. The van der Waals surface area contributed by atoms with Crippen LogP contribution in [0.4, 0.5) is 5.69 Å². The van der Waals surface area contributed by atoms with Gasteiger partial charge in [0.2, 0.25) is 11.8 Å². The third-order valence-electron chi connectivity index (χ3n) is 5.11. The van der Waals surface area contributed by atoms with E-state index in [2.05, 4.69) is 10.6 Å². The molecule has 2 amide bonds. The van der Waals surface area contributed by atoms with Crippen LogP contribution in [0.5, 0.6) is 0 Å². The van der Waals surface area contributed by atoms with E-state index in [1.807, 2.05) is 30.3 Å². The molecule has 1 aromatic carbocycles. The van der Waals surface area contributed by atoms with E-state index in [1.165, 1.54) is 0 Å². The van der Waals surface area contributed by atoms with Crippen molar-refractivity contribution < 1.29 is 18.0 Å². The monoisotopic (exact) mass is 401 g/mol. The zero-order valence-electron chi connectivity index (χ0n) is 14.6. The van der Waals surface area contributed by atoms with Crippen LogP contribution in [0.15, 0.2) is 30.3 Å². The van der Waals surface area contributed by atoms with Crippen molar-refractivity contribution in [2.24, 2.45) is 0 Å². The van der Waals surface area contributed by atoms with E-state index in [0.717, 1.165) is 11.9 Å². The fourth-order valence-electron chi connectivity index (χ4n) is 3.56. The van der Waals surface area contributed by atoms with Gasteiger partial charge in [0, 0.05) is 18.5 Å². The molecular formula is C17H24ClN3O4S. The van der Waals surface area contributed by atoms with Crippen molar-refractivity contribution in [2.75, 3.05) is 30.8 Å². The number of nitrogens with one attached hydrogen (secondary N) is 2. The predicted molar refractivity (Wildman–Crippen MR) is 102 cm³/mol. The maximum atomic E-state index is 12.8. The van der Waals surface area contributed by atoms with Gasteiger partial charge < -0.3 is 15.5 Å². The van der Waals surface area contributed by atoms with E-state index in [9.17, 15) is 18.0 Å². The summed E-state index contributed by atoms with van der Waals surface area (Å²) < 4.78 is 23.2. The fourth-order valence-corrected chi connectivity index (χ4v) is 4.91. The Balaban J connectivity index is 0.00000243. The third kappa shape index (κ3) is 3.72. The molecule has 0 bridgehead atoms. The van der Waals surface area contributed by atoms with Crippen LogP contribution in [-0.4, -0.2) is 56.9 Å². The SMILES string of the molecule is CS(=O)(=O)C1(C(=O)NC2CCN(c3ccccc3)C2=O)CCNCC1.Cl. The highest BCUT2D eigenvalue weighted by Gasteiger charge is 2.50. The summed E-state index contributed by atoms with van der Waals surface area (Å²) in [4.78, 5) is 27.1. The maximum absolute atomic E-state index is 12.8. The van der Waals surface area contributed by atoms with Crippen molar-refractivity contribution in [3.05, 3.63) is 30.3 Å². The van der Waals surface area contributed by atoms with E-state index in [1.54, 1.807) is 4.90 Å². The van der Waals surface area contributed by atoms with Gasteiger partial charge in [0.05, 0.1) is 0 Å². The number of hydrogen-bond acceptors (Lipinski definition) is 5. The lowest BCUT2D eigenvalue weighted by atomic mass is 9.95. The number of amides is 2. The van der Waals surface area contributed by atoms with Gasteiger partial charge in [-0.15, -0.1) is 12.4 Å². The highest BCUT2D eigenvalue weighted by molar-refractivity contribution is 7.92. The lowest BCUT2D eigenvalue weighted by Gasteiger charge is -2.35. The summed E-state index contributed by atoms with van der Waals surface area (Å²) in [7, 11) is -3.59. The minimum atomic E-state index is -3.59. The molecule has 1 aromatic rings. The second-order valence-electron chi connectivity index (χ2n) is 6.66. The molecule has 2 aliphatic heterocycles. The van der Waals surface area contributed by atoms with Crippen LogP contribution in [0, 0.1) is 0 Å². The van der Waals surface area contributed by atoms with Crippen molar-refractivity contribution in [1.82, 2.24) is 10.6 Å². The van der Waals surface area contributed by atoms with Gasteiger partial charge in [-0.3, -0.25) is 9.59 Å². The van der Waals surface area contributed by atoms with Crippen LogP contribution in [0.2, 0.25) is 0 Å². The highest BCUT2D eigenvalue weighted by Crippen LogP contribution is 2.29. The number of benzene rings is 1. The summed E-state index contributed by atoms with van der Waals surface area (Å²) in [5.41, 5.74) is 0.781. The zero-order valence-corrected chi connectivity index (χ0v) is 16.2. The van der Waals surface area contributed by atoms with E-state index in [0.29, 0.717) is 26.1 Å². The first-order valence-electron chi connectivity index (χ1n) is 8.43.